The fourth-order valence-corrected chi connectivity index (χ4v) is 15.2. The van der Waals surface area contributed by atoms with Crippen LogP contribution in [0.15, 0.2) is 182 Å². The first-order valence-electron chi connectivity index (χ1n) is 19.2. The Hall–Kier alpha value is -5.64. The first kappa shape index (κ1) is 32.0. The van der Waals surface area contributed by atoms with Crippen LogP contribution in [0, 0.1) is 0 Å². The average Bonchev–Trinajstić information content (AvgIpc) is 3.65. The molecular formula is C50H44N2Si. The number of hydrogen-bond acceptors (Lipinski definition) is 1. The molecule has 2 heterocycles. The highest BCUT2D eigenvalue weighted by atomic mass is 28.3. The van der Waals surface area contributed by atoms with E-state index in [1.807, 2.05) is 0 Å². The summed E-state index contributed by atoms with van der Waals surface area (Å²) in [6, 6.07) is 68.6. The topological polar surface area (TPSA) is 8.17 Å². The normalized spacial score (nSPS) is 19.7. The van der Waals surface area contributed by atoms with E-state index in [0.717, 1.165) is 0 Å². The summed E-state index contributed by atoms with van der Waals surface area (Å²) in [5.41, 5.74) is 7.98. The lowest BCUT2D eigenvalue weighted by Gasteiger charge is -2.50. The molecule has 0 N–H and O–H groups in total. The van der Waals surface area contributed by atoms with Crippen LogP contribution >= 0.6 is 0 Å². The van der Waals surface area contributed by atoms with Gasteiger partial charge in [-0.25, -0.2) is 0 Å². The molecule has 0 amide bonds. The van der Waals surface area contributed by atoms with Crippen LogP contribution in [0.3, 0.4) is 0 Å². The van der Waals surface area contributed by atoms with E-state index in [9.17, 15) is 0 Å². The lowest BCUT2D eigenvalue weighted by atomic mass is 9.61. The average molecular weight is 701 g/mol. The molecule has 1 aliphatic heterocycles. The van der Waals surface area contributed by atoms with Crippen molar-refractivity contribution in [1.82, 2.24) is 4.57 Å². The summed E-state index contributed by atoms with van der Waals surface area (Å²) in [5.74, 6) is 0. The molecule has 0 radical (unpaired) electrons. The molecule has 1 aliphatic carbocycles. The summed E-state index contributed by atoms with van der Waals surface area (Å²) in [4.78, 5) is 2.70. The molecule has 0 saturated heterocycles. The van der Waals surface area contributed by atoms with Crippen molar-refractivity contribution in [1.29, 1.82) is 0 Å². The SMILES string of the molecule is CC12CCCCC1(C)N(c1ccc3c(c1)c1ccccc1n3-c1cccc([Si](c3ccccc3)(c3ccccc3)c3ccccc3)c1)c1ccccc12. The molecule has 1 saturated carbocycles. The fraction of sp³-hybridized carbons (Fsp3) is 0.160. The minimum Gasteiger partial charge on any atom is -0.334 e. The predicted octanol–water partition coefficient (Wildman–Crippen LogP) is 9.90. The third-order valence-corrected chi connectivity index (χ3v) is 17.9. The van der Waals surface area contributed by atoms with Gasteiger partial charge in [0.1, 0.15) is 0 Å². The van der Waals surface area contributed by atoms with E-state index in [1.165, 1.54) is 90.9 Å². The van der Waals surface area contributed by atoms with Crippen LogP contribution in [-0.2, 0) is 5.41 Å². The summed E-state index contributed by atoms with van der Waals surface area (Å²) in [6.45, 7) is 5.04. The van der Waals surface area contributed by atoms with Gasteiger partial charge in [0, 0.05) is 33.2 Å². The van der Waals surface area contributed by atoms with Crippen molar-refractivity contribution in [3.8, 4) is 5.69 Å². The number of fused-ring (bicyclic) bond motifs is 6. The first-order chi connectivity index (χ1) is 26.0. The molecule has 2 aliphatic rings. The van der Waals surface area contributed by atoms with Gasteiger partial charge in [-0.3, -0.25) is 0 Å². The summed E-state index contributed by atoms with van der Waals surface area (Å²) < 4.78 is 2.50. The standard InChI is InChI=1S/C50H44N2Si/c1-49-33-16-17-34-50(49,2)52(48-30-15-13-28-45(48)49)38-31-32-47-44(36-38)43-27-12-14-29-46(43)51(47)37-19-18-26-42(35-37)53(39-20-6-3-7-21-39,40-22-8-4-9-23-40)41-24-10-5-11-25-41/h3-15,18-32,35-36H,16-17,33-34H2,1-2H3. The van der Waals surface area contributed by atoms with Gasteiger partial charge in [0.25, 0.3) is 0 Å². The summed E-state index contributed by atoms with van der Waals surface area (Å²) in [6.07, 6.45) is 4.99. The van der Waals surface area contributed by atoms with Crippen LogP contribution in [0.25, 0.3) is 27.5 Å². The third-order valence-electron chi connectivity index (χ3n) is 13.1. The van der Waals surface area contributed by atoms with E-state index in [1.54, 1.807) is 0 Å². The van der Waals surface area contributed by atoms with Crippen molar-refractivity contribution in [2.75, 3.05) is 4.90 Å². The van der Waals surface area contributed by atoms with E-state index in [0.29, 0.717) is 0 Å². The van der Waals surface area contributed by atoms with Gasteiger partial charge in [0.05, 0.1) is 16.6 Å². The minimum absolute atomic E-state index is 0.0234. The first-order valence-corrected chi connectivity index (χ1v) is 21.2. The Bertz CT molecular complexity index is 2510. The molecule has 7 aromatic carbocycles. The Morgan fingerprint density at radius 1 is 0.453 bits per heavy atom. The van der Waals surface area contributed by atoms with Crippen molar-refractivity contribution < 1.29 is 0 Å². The monoisotopic (exact) mass is 700 g/mol. The van der Waals surface area contributed by atoms with Gasteiger partial charge >= 0.3 is 0 Å². The van der Waals surface area contributed by atoms with Crippen LogP contribution in [0.2, 0.25) is 0 Å². The van der Waals surface area contributed by atoms with Crippen LogP contribution in [0.4, 0.5) is 11.4 Å². The van der Waals surface area contributed by atoms with E-state index >= 15 is 0 Å². The van der Waals surface area contributed by atoms with Crippen molar-refractivity contribution in [2.24, 2.45) is 0 Å². The molecule has 258 valence electrons. The highest BCUT2D eigenvalue weighted by Gasteiger charge is 2.57. The second-order valence-electron chi connectivity index (χ2n) is 15.6. The number of para-hydroxylation sites is 2. The van der Waals surface area contributed by atoms with Crippen molar-refractivity contribution in [2.45, 2.75) is 50.5 Å². The summed E-state index contributed by atoms with van der Waals surface area (Å²) in [7, 11) is -2.69. The second kappa shape index (κ2) is 12.2. The number of hydrogen-bond donors (Lipinski definition) is 0. The lowest BCUT2D eigenvalue weighted by molar-refractivity contribution is 0.195. The van der Waals surface area contributed by atoms with Crippen LogP contribution < -0.4 is 25.6 Å². The summed E-state index contributed by atoms with van der Waals surface area (Å²) in [5, 5.41) is 8.11. The molecule has 8 aromatic rings. The Morgan fingerprint density at radius 3 is 1.72 bits per heavy atom. The Labute approximate surface area is 314 Å². The van der Waals surface area contributed by atoms with Gasteiger partial charge in [0.15, 0.2) is 8.07 Å². The predicted molar refractivity (Wildman–Crippen MR) is 227 cm³/mol. The zero-order chi connectivity index (χ0) is 35.6. The Morgan fingerprint density at radius 2 is 1.02 bits per heavy atom. The number of benzene rings is 7. The molecule has 0 spiro atoms. The zero-order valence-corrected chi connectivity index (χ0v) is 31.5. The molecular weight excluding hydrogens is 657 g/mol. The van der Waals surface area contributed by atoms with E-state index in [2.05, 4.69) is 205 Å². The van der Waals surface area contributed by atoms with Gasteiger partial charge in [-0.05, 0) is 88.5 Å². The molecule has 2 unspecified atom stereocenters. The molecule has 53 heavy (non-hydrogen) atoms. The quantitative estimate of drug-likeness (QED) is 0.124. The third kappa shape index (κ3) is 4.56. The van der Waals surface area contributed by atoms with Crippen LogP contribution in [0.5, 0.6) is 0 Å². The maximum Gasteiger partial charge on any atom is 0.179 e. The molecule has 10 rings (SSSR count). The molecule has 0 bridgehead atoms. The molecule has 1 aromatic heterocycles. The van der Waals surface area contributed by atoms with E-state index in [-0.39, 0.29) is 11.0 Å². The fourth-order valence-electron chi connectivity index (χ4n) is 10.4. The zero-order valence-electron chi connectivity index (χ0n) is 30.5. The Balaban J connectivity index is 1.20. The summed E-state index contributed by atoms with van der Waals surface area (Å²) >= 11 is 0. The van der Waals surface area contributed by atoms with Crippen LogP contribution in [0.1, 0.15) is 45.1 Å². The minimum atomic E-state index is -2.69. The second-order valence-corrected chi connectivity index (χ2v) is 19.4. The van der Waals surface area contributed by atoms with Gasteiger partial charge in [-0.1, -0.05) is 159 Å². The van der Waals surface area contributed by atoms with Gasteiger partial charge in [-0.2, -0.15) is 0 Å². The van der Waals surface area contributed by atoms with Crippen molar-refractivity contribution >= 4 is 62.0 Å². The van der Waals surface area contributed by atoms with E-state index < -0.39 is 8.07 Å². The number of rotatable bonds is 6. The maximum absolute atomic E-state index is 2.70. The highest BCUT2D eigenvalue weighted by Crippen LogP contribution is 2.60. The van der Waals surface area contributed by atoms with E-state index in [4.69, 9.17) is 0 Å². The maximum atomic E-state index is 2.70. The molecule has 2 nitrogen and oxygen atoms in total. The number of anilines is 2. The highest BCUT2D eigenvalue weighted by molar-refractivity contribution is 7.19. The smallest absolute Gasteiger partial charge is 0.179 e. The molecule has 1 fully saturated rings. The largest absolute Gasteiger partial charge is 0.334 e. The number of nitrogens with zero attached hydrogens (tertiary/aromatic N) is 2. The lowest BCUT2D eigenvalue weighted by Crippen LogP contribution is -2.74. The number of aromatic nitrogens is 1. The Kier molecular flexibility index (Phi) is 7.39. The van der Waals surface area contributed by atoms with Gasteiger partial charge in [-0.15, -0.1) is 0 Å². The van der Waals surface area contributed by atoms with Gasteiger partial charge in [0.2, 0.25) is 0 Å². The van der Waals surface area contributed by atoms with Crippen LogP contribution in [-0.4, -0.2) is 18.2 Å². The molecule has 3 heteroatoms. The van der Waals surface area contributed by atoms with Crippen molar-refractivity contribution in [3.63, 3.8) is 0 Å². The molecule has 2 atom stereocenters. The van der Waals surface area contributed by atoms with Crippen molar-refractivity contribution in [3.05, 3.63) is 188 Å². The van der Waals surface area contributed by atoms with Gasteiger partial charge < -0.3 is 9.47 Å².